The van der Waals surface area contributed by atoms with Crippen molar-refractivity contribution in [3.05, 3.63) is 0 Å². The van der Waals surface area contributed by atoms with Gasteiger partial charge in [0.25, 0.3) is 0 Å². The van der Waals surface area contributed by atoms with E-state index in [1.165, 1.54) is 6.92 Å². The lowest BCUT2D eigenvalue weighted by Crippen LogP contribution is -2.09. The molecule has 0 aliphatic carbocycles. The molecular formula is C5H11O4P. The Morgan fingerprint density at radius 3 is 2.50 bits per heavy atom. The molecule has 0 saturated heterocycles. The van der Waals surface area contributed by atoms with Gasteiger partial charge in [-0.3, -0.25) is 9.36 Å². The lowest BCUT2D eigenvalue weighted by atomic mass is 10.1. The Balaban J connectivity index is 3.49. The monoisotopic (exact) mass is 166 g/mol. The lowest BCUT2D eigenvalue weighted by molar-refractivity contribution is -0.141. The average molecular weight is 166 g/mol. The number of hydrogen-bond acceptors (Lipinski definition) is 2. The van der Waals surface area contributed by atoms with Crippen LogP contribution in [0.4, 0.5) is 0 Å². The summed E-state index contributed by atoms with van der Waals surface area (Å²) in [5.74, 6) is -1.43. The molecule has 0 aromatic rings. The van der Waals surface area contributed by atoms with Crippen LogP contribution in [0, 0.1) is 5.92 Å². The number of rotatable bonds is 4. The molecule has 0 spiro atoms. The summed E-state index contributed by atoms with van der Waals surface area (Å²) in [5, 5.41) is 8.32. The molecule has 0 aliphatic heterocycles. The molecule has 0 aromatic heterocycles. The zero-order valence-electron chi connectivity index (χ0n) is 5.70. The second-order valence-electron chi connectivity index (χ2n) is 2.17. The molecule has 4 nitrogen and oxygen atoms in total. The first-order valence-corrected chi connectivity index (χ1v) is 4.55. The predicted molar refractivity (Wildman–Crippen MR) is 37.5 cm³/mol. The molecule has 0 rings (SSSR count). The standard InChI is InChI=1S/C5H11O4P/c1-4(5(6)7)2-3-10(8)9/h4,10H,2-3H2,1H3,(H,6,7)(H,8,9). The van der Waals surface area contributed by atoms with Crippen molar-refractivity contribution >= 4 is 14.0 Å². The topological polar surface area (TPSA) is 74.6 Å². The molecule has 0 heterocycles. The Labute approximate surface area is 59.7 Å². The van der Waals surface area contributed by atoms with E-state index in [2.05, 4.69) is 0 Å². The van der Waals surface area contributed by atoms with Crippen molar-refractivity contribution in [1.29, 1.82) is 0 Å². The number of carboxylic acid groups (broad SMARTS) is 1. The highest BCUT2D eigenvalue weighted by atomic mass is 31.1. The summed E-state index contributed by atoms with van der Waals surface area (Å²) in [4.78, 5) is 18.5. The fraction of sp³-hybridized carbons (Fsp3) is 0.800. The normalized spacial score (nSPS) is 16.2. The van der Waals surface area contributed by atoms with Gasteiger partial charge in [0.1, 0.15) is 0 Å². The summed E-state index contributed by atoms with van der Waals surface area (Å²) in [5.41, 5.74) is 0. The second-order valence-corrected chi connectivity index (χ2v) is 3.46. The zero-order valence-corrected chi connectivity index (χ0v) is 6.70. The van der Waals surface area contributed by atoms with Gasteiger partial charge >= 0.3 is 5.97 Å². The van der Waals surface area contributed by atoms with E-state index in [-0.39, 0.29) is 12.6 Å². The van der Waals surface area contributed by atoms with Crippen LogP contribution in [0.3, 0.4) is 0 Å². The van der Waals surface area contributed by atoms with Crippen molar-refractivity contribution in [3.8, 4) is 0 Å². The van der Waals surface area contributed by atoms with Gasteiger partial charge < -0.3 is 10.00 Å². The van der Waals surface area contributed by atoms with E-state index >= 15 is 0 Å². The third-order valence-electron chi connectivity index (χ3n) is 1.21. The van der Waals surface area contributed by atoms with Gasteiger partial charge in [-0.25, -0.2) is 0 Å². The molecule has 0 saturated carbocycles. The fourth-order valence-electron chi connectivity index (χ4n) is 0.463. The summed E-state index contributed by atoms with van der Waals surface area (Å²) >= 11 is 0. The molecule has 0 radical (unpaired) electrons. The van der Waals surface area contributed by atoms with Crippen LogP contribution < -0.4 is 0 Å². The molecule has 60 valence electrons. The molecule has 0 aromatic carbocycles. The molecule has 2 unspecified atom stereocenters. The molecule has 0 aliphatic rings. The molecule has 0 fully saturated rings. The van der Waals surface area contributed by atoms with Crippen LogP contribution in [0.5, 0.6) is 0 Å². The smallest absolute Gasteiger partial charge is 0.306 e. The van der Waals surface area contributed by atoms with Gasteiger partial charge in [0.2, 0.25) is 0 Å². The Kier molecular flexibility index (Phi) is 4.32. The van der Waals surface area contributed by atoms with E-state index in [0.29, 0.717) is 0 Å². The van der Waals surface area contributed by atoms with Crippen molar-refractivity contribution in [2.45, 2.75) is 13.3 Å². The van der Waals surface area contributed by atoms with Crippen LogP contribution in [0.1, 0.15) is 13.3 Å². The first kappa shape index (κ1) is 9.66. The summed E-state index contributed by atoms with van der Waals surface area (Å²) in [6.45, 7) is 1.52. The van der Waals surface area contributed by atoms with E-state index in [9.17, 15) is 9.36 Å². The van der Waals surface area contributed by atoms with Crippen LogP contribution >= 0.6 is 8.03 Å². The van der Waals surface area contributed by atoms with Gasteiger partial charge in [0.15, 0.2) is 8.03 Å². The third-order valence-corrected chi connectivity index (χ3v) is 1.93. The van der Waals surface area contributed by atoms with Gasteiger partial charge in [-0.15, -0.1) is 0 Å². The van der Waals surface area contributed by atoms with Crippen LogP contribution in [-0.2, 0) is 9.36 Å². The Morgan fingerprint density at radius 2 is 2.20 bits per heavy atom. The van der Waals surface area contributed by atoms with Gasteiger partial charge in [0.05, 0.1) is 5.92 Å². The van der Waals surface area contributed by atoms with E-state index in [1.807, 2.05) is 0 Å². The van der Waals surface area contributed by atoms with Gasteiger partial charge in [-0.05, 0) is 6.42 Å². The van der Waals surface area contributed by atoms with Gasteiger partial charge in [0, 0.05) is 6.16 Å². The number of carbonyl (C=O) groups is 1. The summed E-state index contributed by atoms with van der Waals surface area (Å²) in [7, 11) is -2.48. The molecule has 5 heteroatoms. The lowest BCUT2D eigenvalue weighted by Gasteiger charge is -2.01. The number of aliphatic carboxylic acids is 1. The summed E-state index contributed by atoms with van der Waals surface area (Å²) in [6, 6.07) is 0. The van der Waals surface area contributed by atoms with E-state index in [0.717, 1.165) is 0 Å². The number of hydrogen-bond donors (Lipinski definition) is 2. The van der Waals surface area contributed by atoms with Crippen LogP contribution in [0.25, 0.3) is 0 Å². The van der Waals surface area contributed by atoms with Crippen molar-refractivity contribution in [1.82, 2.24) is 0 Å². The molecule has 0 bridgehead atoms. The van der Waals surface area contributed by atoms with Gasteiger partial charge in [-0.2, -0.15) is 0 Å². The van der Waals surface area contributed by atoms with Crippen LogP contribution in [-0.4, -0.2) is 22.1 Å². The van der Waals surface area contributed by atoms with E-state index in [4.69, 9.17) is 10.00 Å². The van der Waals surface area contributed by atoms with Crippen molar-refractivity contribution in [3.63, 3.8) is 0 Å². The maximum atomic E-state index is 10.1. The molecule has 2 atom stereocenters. The first-order valence-electron chi connectivity index (χ1n) is 2.98. The van der Waals surface area contributed by atoms with Crippen LogP contribution in [0.2, 0.25) is 0 Å². The Hall–Kier alpha value is -0.340. The van der Waals surface area contributed by atoms with Crippen molar-refractivity contribution < 1.29 is 19.4 Å². The highest BCUT2D eigenvalue weighted by Gasteiger charge is 2.10. The summed E-state index contributed by atoms with van der Waals surface area (Å²) in [6.07, 6.45) is 0.391. The van der Waals surface area contributed by atoms with E-state index < -0.39 is 19.9 Å². The Bertz CT molecular complexity index is 145. The number of carboxylic acids is 1. The fourth-order valence-corrected chi connectivity index (χ4v) is 1.14. The van der Waals surface area contributed by atoms with Crippen molar-refractivity contribution in [2.24, 2.45) is 5.92 Å². The zero-order chi connectivity index (χ0) is 8.15. The summed E-state index contributed by atoms with van der Waals surface area (Å²) < 4.78 is 10.1. The van der Waals surface area contributed by atoms with Gasteiger partial charge in [-0.1, -0.05) is 6.92 Å². The minimum Gasteiger partial charge on any atom is -0.481 e. The predicted octanol–water partition coefficient (Wildman–Crippen LogP) is 0.564. The maximum absolute atomic E-state index is 10.1. The minimum atomic E-state index is -2.48. The maximum Gasteiger partial charge on any atom is 0.306 e. The van der Waals surface area contributed by atoms with Crippen LogP contribution in [0.15, 0.2) is 0 Å². The molecule has 0 amide bonds. The first-order chi connectivity index (χ1) is 4.54. The second kappa shape index (κ2) is 4.47. The highest BCUT2D eigenvalue weighted by Crippen LogP contribution is 2.17. The largest absolute Gasteiger partial charge is 0.481 e. The Morgan fingerprint density at radius 1 is 1.70 bits per heavy atom. The molecule has 10 heavy (non-hydrogen) atoms. The van der Waals surface area contributed by atoms with Crippen molar-refractivity contribution in [2.75, 3.05) is 6.16 Å². The third kappa shape index (κ3) is 4.53. The average Bonchev–Trinajstić information content (AvgIpc) is 1.82. The van der Waals surface area contributed by atoms with E-state index in [1.54, 1.807) is 0 Å². The quantitative estimate of drug-likeness (QED) is 0.598. The SMILES string of the molecule is CC(CC[PH](=O)O)C(=O)O. The molecular weight excluding hydrogens is 155 g/mol. The molecule has 2 N–H and O–H groups in total. The minimum absolute atomic E-state index is 0.109. The highest BCUT2D eigenvalue weighted by molar-refractivity contribution is 7.37.